The molecule has 4 N–H and O–H groups in total. The van der Waals surface area contributed by atoms with E-state index in [2.05, 4.69) is 15.5 Å². The number of halogens is 1. The van der Waals surface area contributed by atoms with Crippen LogP contribution in [-0.2, 0) is 11.2 Å². The average molecular weight is 398 g/mol. The number of carbonyl (C=O) groups is 2. The Kier molecular flexibility index (Phi) is 6.30. The van der Waals surface area contributed by atoms with Gasteiger partial charge >= 0.3 is 0 Å². The van der Waals surface area contributed by atoms with Gasteiger partial charge in [0.15, 0.2) is 0 Å². The largest absolute Gasteiger partial charge is 0.352 e. The molecule has 0 radical (unpaired) electrons. The number of fused-ring (bicyclic) bond motifs is 1. The number of aromatic nitrogens is 2. The van der Waals surface area contributed by atoms with E-state index >= 15 is 0 Å². The Balaban J connectivity index is 1.76. The number of H-pyrrole nitrogens is 1. The first-order valence-electron chi connectivity index (χ1n) is 8.95. The quantitative estimate of drug-likeness (QED) is 0.274. The molecule has 0 aliphatic carbocycles. The minimum absolute atomic E-state index is 0.0320. The van der Waals surface area contributed by atoms with E-state index < -0.39 is 17.6 Å². The van der Waals surface area contributed by atoms with Crippen molar-refractivity contribution >= 4 is 22.6 Å². The standard InChI is InChI=1S/C20H19FN4O4/c21-16-8-7-12(10-15(16)19(27)22-9-3-6-18(26)25-29)11-17-13-4-1-2-5-14(13)20(28)24-23-17/h1-2,4-5,7-8,10,29H,3,6,9,11H2,(H,22,27)(H,24,28)(H,25,26). The fourth-order valence-corrected chi connectivity index (χ4v) is 2.96. The maximum absolute atomic E-state index is 14.1. The molecule has 0 fully saturated rings. The van der Waals surface area contributed by atoms with Gasteiger partial charge in [-0.1, -0.05) is 24.3 Å². The van der Waals surface area contributed by atoms with Crippen LogP contribution in [0.4, 0.5) is 4.39 Å². The predicted octanol–water partition coefficient (Wildman–Crippen LogP) is 1.67. The fourth-order valence-electron chi connectivity index (χ4n) is 2.96. The van der Waals surface area contributed by atoms with Crippen molar-refractivity contribution in [1.82, 2.24) is 21.0 Å². The third kappa shape index (κ3) is 4.82. The highest BCUT2D eigenvalue weighted by molar-refractivity contribution is 5.94. The van der Waals surface area contributed by atoms with Crippen LogP contribution in [0.3, 0.4) is 0 Å². The molecule has 0 saturated carbocycles. The summed E-state index contributed by atoms with van der Waals surface area (Å²) in [7, 11) is 0. The first kappa shape index (κ1) is 20.2. The summed E-state index contributed by atoms with van der Waals surface area (Å²) in [6.45, 7) is 0.155. The first-order chi connectivity index (χ1) is 14.0. The second-order valence-corrected chi connectivity index (χ2v) is 6.43. The number of hydroxylamine groups is 1. The molecular formula is C20H19FN4O4. The van der Waals surface area contributed by atoms with E-state index in [0.29, 0.717) is 34.9 Å². The van der Waals surface area contributed by atoms with Crippen molar-refractivity contribution in [2.75, 3.05) is 6.54 Å². The minimum Gasteiger partial charge on any atom is -0.352 e. The van der Waals surface area contributed by atoms with Crippen LogP contribution >= 0.6 is 0 Å². The van der Waals surface area contributed by atoms with Gasteiger partial charge < -0.3 is 5.32 Å². The number of aromatic amines is 1. The SMILES string of the molecule is O=C(CCCNC(=O)c1cc(Cc2n[nH]c(=O)c3ccccc23)ccc1F)NO. The molecule has 0 aliphatic heterocycles. The summed E-state index contributed by atoms with van der Waals surface area (Å²) in [6.07, 6.45) is 0.630. The fraction of sp³-hybridized carbons (Fsp3) is 0.200. The van der Waals surface area contributed by atoms with Crippen LogP contribution in [0.2, 0.25) is 0 Å². The lowest BCUT2D eigenvalue weighted by molar-refractivity contribution is -0.129. The van der Waals surface area contributed by atoms with Crippen LogP contribution in [0.5, 0.6) is 0 Å². The molecule has 1 heterocycles. The number of carbonyl (C=O) groups excluding carboxylic acids is 2. The molecule has 3 aromatic rings. The van der Waals surface area contributed by atoms with E-state index in [-0.39, 0.29) is 24.1 Å². The van der Waals surface area contributed by atoms with Gasteiger partial charge in [0.25, 0.3) is 11.5 Å². The lowest BCUT2D eigenvalue weighted by Crippen LogP contribution is -2.27. The minimum atomic E-state index is -0.668. The van der Waals surface area contributed by atoms with Gasteiger partial charge in [0.1, 0.15) is 5.82 Å². The highest BCUT2D eigenvalue weighted by atomic mass is 19.1. The molecule has 0 bridgehead atoms. The third-order valence-electron chi connectivity index (χ3n) is 4.41. The van der Waals surface area contributed by atoms with E-state index in [0.717, 1.165) is 0 Å². The molecule has 9 heteroatoms. The van der Waals surface area contributed by atoms with Crippen LogP contribution in [0.1, 0.15) is 34.5 Å². The zero-order valence-corrected chi connectivity index (χ0v) is 15.4. The Bertz CT molecular complexity index is 1110. The Morgan fingerprint density at radius 2 is 1.90 bits per heavy atom. The van der Waals surface area contributed by atoms with E-state index in [1.807, 2.05) is 0 Å². The lowest BCUT2D eigenvalue weighted by atomic mass is 10.0. The lowest BCUT2D eigenvalue weighted by Gasteiger charge is -2.09. The number of nitrogens with one attached hydrogen (secondary N) is 3. The molecule has 0 aliphatic rings. The summed E-state index contributed by atoms with van der Waals surface area (Å²) in [4.78, 5) is 35.1. The summed E-state index contributed by atoms with van der Waals surface area (Å²) in [5.41, 5.74) is 2.34. The van der Waals surface area contributed by atoms with E-state index in [1.54, 1.807) is 30.3 Å². The Morgan fingerprint density at radius 3 is 2.66 bits per heavy atom. The molecule has 29 heavy (non-hydrogen) atoms. The van der Waals surface area contributed by atoms with Crippen LogP contribution in [0.15, 0.2) is 47.3 Å². The molecule has 0 saturated heterocycles. The highest BCUT2D eigenvalue weighted by Gasteiger charge is 2.14. The van der Waals surface area contributed by atoms with Crippen molar-refractivity contribution in [2.45, 2.75) is 19.3 Å². The molecule has 1 aromatic heterocycles. The molecular weight excluding hydrogens is 379 g/mol. The summed E-state index contributed by atoms with van der Waals surface area (Å²) in [5, 5.41) is 18.7. The molecule has 0 atom stereocenters. The zero-order valence-electron chi connectivity index (χ0n) is 15.4. The Hall–Kier alpha value is -3.59. The zero-order chi connectivity index (χ0) is 20.8. The van der Waals surface area contributed by atoms with Crippen LogP contribution in [0, 0.1) is 5.82 Å². The van der Waals surface area contributed by atoms with Crippen molar-refractivity contribution in [2.24, 2.45) is 0 Å². The van der Waals surface area contributed by atoms with Gasteiger partial charge in [0.05, 0.1) is 16.6 Å². The molecule has 2 aromatic carbocycles. The van der Waals surface area contributed by atoms with Gasteiger partial charge in [-0.25, -0.2) is 15.0 Å². The average Bonchev–Trinajstić information content (AvgIpc) is 2.74. The van der Waals surface area contributed by atoms with Crippen LogP contribution < -0.4 is 16.4 Å². The van der Waals surface area contributed by atoms with E-state index in [4.69, 9.17) is 5.21 Å². The van der Waals surface area contributed by atoms with Crippen molar-refractivity contribution in [3.63, 3.8) is 0 Å². The number of hydrogen-bond donors (Lipinski definition) is 4. The molecule has 2 amide bonds. The van der Waals surface area contributed by atoms with Crippen molar-refractivity contribution < 1.29 is 19.2 Å². The third-order valence-corrected chi connectivity index (χ3v) is 4.41. The summed E-state index contributed by atoms with van der Waals surface area (Å²) >= 11 is 0. The molecule has 3 rings (SSSR count). The molecule has 0 unspecified atom stereocenters. The van der Waals surface area contributed by atoms with E-state index in [9.17, 15) is 18.8 Å². The van der Waals surface area contributed by atoms with Gasteiger partial charge in [-0.05, 0) is 30.2 Å². The molecule has 0 spiro atoms. The second-order valence-electron chi connectivity index (χ2n) is 6.43. The second kappa shape index (κ2) is 9.07. The van der Waals surface area contributed by atoms with Crippen molar-refractivity contribution in [1.29, 1.82) is 0 Å². The summed E-state index contributed by atoms with van der Waals surface area (Å²) in [6, 6.07) is 11.2. The number of hydrogen-bond acceptors (Lipinski definition) is 5. The smallest absolute Gasteiger partial charge is 0.272 e. The van der Waals surface area contributed by atoms with Gasteiger partial charge in [-0.15, -0.1) is 0 Å². The van der Waals surface area contributed by atoms with Crippen molar-refractivity contribution in [3.8, 4) is 0 Å². The normalized spacial score (nSPS) is 10.7. The number of amides is 2. The number of nitrogens with zero attached hydrogens (tertiary/aromatic N) is 1. The summed E-state index contributed by atoms with van der Waals surface area (Å²) < 4.78 is 14.1. The Morgan fingerprint density at radius 1 is 1.14 bits per heavy atom. The van der Waals surface area contributed by atoms with E-state index in [1.165, 1.54) is 17.6 Å². The van der Waals surface area contributed by atoms with Gasteiger partial charge in [-0.2, -0.15) is 5.10 Å². The topological polar surface area (TPSA) is 124 Å². The summed E-state index contributed by atoms with van der Waals surface area (Å²) in [5.74, 6) is -1.83. The number of benzene rings is 2. The van der Waals surface area contributed by atoms with Crippen LogP contribution in [0.25, 0.3) is 10.8 Å². The monoisotopic (exact) mass is 398 g/mol. The molecule has 150 valence electrons. The molecule has 8 nitrogen and oxygen atoms in total. The van der Waals surface area contributed by atoms with Crippen LogP contribution in [-0.4, -0.2) is 33.8 Å². The first-order valence-corrected chi connectivity index (χ1v) is 8.95. The maximum Gasteiger partial charge on any atom is 0.272 e. The van der Waals surface area contributed by atoms with Crippen molar-refractivity contribution in [3.05, 3.63) is 75.5 Å². The van der Waals surface area contributed by atoms with Gasteiger partial charge in [0, 0.05) is 24.8 Å². The number of rotatable bonds is 7. The van der Waals surface area contributed by atoms with Gasteiger partial charge in [0.2, 0.25) is 5.91 Å². The Labute approximate surface area is 164 Å². The maximum atomic E-state index is 14.1. The van der Waals surface area contributed by atoms with Gasteiger partial charge in [-0.3, -0.25) is 19.6 Å². The predicted molar refractivity (Wildman–Crippen MR) is 103 cm³/mol. The highest BCUT2D eigenvalue weighted by Crippen LogP contribution is 2.18.